The van der Waals surface area contributed by atoms with Crippen LogP contribution in [0.15, 0.2) is 125 Å². The molecule has 1 aromatic heterocycles. The third kappa shape index (κ3) is 10.2. The van der Waals surface area contributed by atoms with Gasteiger partial charge in [-0.3, -0.25) is 24.7 Å². The number of nitrogens with one attached hydrogen (secondary N) is 2. The number of piperazine rings is 1. The van der Waals surface area contributed by atoms with Crippen molar-refractivity contribution in [3.05, 3.63) is 137 Å². The van der Waals surface area contributed by atoms with Crippen LogP contribution in [0.25, 0.3) is 5.69 Å². The number of benzene rings is 4. The SMILES string of the molecule is O=C(NS(=O)(=O)c1ccccc1)c1ccc(N2CCN(Cc3ccnn3-c3ccccc3)CC2)c([N+](=O)[O-])c1N[C@H](CCN1CCOCC1)CSc1ccccc1. The summed E-state index contributed by atoms with van der Waals surface area (Å²) in [5.41, 5.74) is 1.97. The number of hydrogen-bond acceptors (Lipinski definition) is 12. The fourth-order valence-corrected chi connectivity index (χ4v) is 9.08. The first-order valence-electron chi connectivity index (χ1n) is 19.0. The van der Waals surface area contributed by atoms with E-state index >= 15 is 0 Å². The van der Waals surface area contributed by atoms with Crippen LogP contribution >= 0.6 is 11.8 Å². The first-order chi connectivity index (χ1) is 27.7. The molecule has 3 heterocycles. The average molecular weight is 811 g/mol. The average Bonchev–Trinajstić information content (AvgIpc) is 3.71. The Morgan fingerprint density at radius 2 is 1.51 bits per heavy atom. The number of nitro groups is 1. The molecular formula is C41H46N8O6S2. The smallest absolute Gasteiger partial charge is 0.316 e. The number of aromatic nitrogens is 2. The molecule has 0 unspecified atom stereocenters. The molecule has 4 aromatic carbocycles. The minimum Gasteiger partial charge on any atom is -0.379 e. The summed E-state index contributed by atoms with van der Waals surface area (Å²) in [5.74, 6) is -0.421. The molecule has 2 N–H and O–H groups in total. The Labute approximate surface area is 337 Å². The van der Waals surface area contributed by atoms with E-state index in [1.807, 2.05) is 76.3 Å². The number of amides is 1. The minimum atomic E-state index is -4.28. The Morgan fingerprint density at radius 3 is 2.19 bits per heavy atom. The molecule has 0 spiro atoms. The zero-order valence-corrected chi connectivity index (χ0v) is 33.1. The second-order valence-electron chi connectivity index (χ2n) is 13.9. The number of rotatable bonds is 16. The van der Waals surface area contributed by atoms with Gasteiger partial charge in [0.25, 0.3) is 15.9 Å². The second-order valence-corrected chi connectivity index (χ2v) is 16.7. The van der Waals surface area contributed by atoms with Crippen molar-refractivity contribution < 1.29 is 22.9 Å². The summed E-state index contributed by atoms with van der Waals surface area (Å²) in [4.78, 5) is 34.3. The molecule has 0 bridgehead atoms. The standard InChI is InChI=1S/C41H46N8O6S2/c50-41(44-57(53,54)36-14-8-3-9-15-36)37-16-17-38(47-24-22-46(23-25-47)30-34-18-20-42-48(34)33-10-4-1-5-11-33)40(49(51)52)39(37)43-32(19-21-45-26-28-55-29-27-45)31-56-35-12-6-2-7-13-35/h1-18,20,32,43H,19,21-31H2,(H,44,50)/t32-/m1/s1. The summed E-state index contributed by atoms with van der Waals surface area (Å²) in [6, 6.07) is 32.1. The van der Waals surface area contributed by atoms with E-state index < -0.39 is 20.9 Å². The van der Waals surface area contributed by atoms with Crippen LogP contribution in [0.2, 0.25) is 0 Å². The number of anilines is 2. The van der Waals surface area contributed by atoms with Crippen LogP contribution in [0.5, 0.6) is 0 Å². The zero-order chi connectivity index (χ0) is 39.6. The summed E-state index contributed by atoms with van der Waals surface area (Å²) >= 11 is 1.61. The summed E-state index contributed by atoms with van der Waals surface area (Å²) in [6.45, 7) is 6.44. The number of carbonyl (C=O) groups excluding carboxylic acids is 1. The Hall–Kier alpha value is -5.26. The Bertz CT molecular complexity index is 2210. The zero-order valence-electron chi connectivity index (χ0n) is 31.5. The molecule has 1 atom stereocenters. The molecule has 5 aromatic rings. The van der Waals surface area contributed by atoms with Crippen LogP contribution < -0.4 is 14.9 Å². The molecule has 0 radical (unpaired) electrons. The van der Waals surface area contributed by atoms with Gasteiger partial charge in [0.15, 0.2) is 0 Å². The van der Waals surface area contributed by atoms with Gasteiger partial charge in [0.05, 0.1) is 40.0 Å². The molecule has 2 aliphatic heterocycles. The summed E-state index contributed by atoms with van der Waals surface area (Å²) in [6.07, 6.45) is 2.40. The highest BCUT2D eigenvalue weighted by atomic mass is 32.2. The van der Waals surface area contributed by atoms with Crippen LogP contribution in [-0.2, 0) is 21.3 Å². The van der Waals surface area contributed by atoms with E-state index in [0.29, 0.717) is 70.3 Å². The van der Waals surface area contributed by atoms with Crippen molar-refractivity contribution >= 4 is 44.8 Å². The van der Waals surface area contributed by atoms with Crippen LogP contribution in [0.1, 0.15) is 22.5 Å². The van der Waals surface area contributed by atoms with E-state index in [1.165, 1.54) is 18.2 Å². The van der Waals surface area contributed by atoms with Crippen molar-refractivity contribution in [3.8, 4) is 5.69 Å². The maximum Gasteiger partial charge on any atom is 0.316 e. The van der Waals surface area contributed by atoms with Gasteiger partial charge in [0.1, 0.15) is 11.4 Å². The number of morpholine rings is 1. The van der Waals surface area contributed by atoms with Gasteiger partial charge in [-0.05, 0) is 61.0 Å². The van der Waals surface area contributed by atoms with Gasteiger partial charge in [-0.1, -0.05) is 54.6 Å². The molecule has 298 valence electrons. The Kier molecular flexibility index (Phi) is 13.2. The van der Waals surface area contributed by atoms with E-state index in [-0.39, 0.29) is 27.9 Å². The highest BCUT2D eigenvalue weighted by Gasteiger charge is 2.33. The molecule has 7 rings (SSSR count). The molecule has 1 amide bonds. The maximum atomic E-state index is 14.0. The lowest BCUT2D eigenvalue weighted by Gasteiger charge is -2.36. The van der Waals surface area contributed by atoms with Crippen LogP contribution in [0.3, 0.4) is 0 Å². The van der Waals surface area contributed by atoms with Crippen LogP contribution in [0.4, 0.5) is 17.1 Å². The predicted molar refractivity (Wildman–Crippen MR) is 222 cm³/mol. The van der Waals surface area contributed by atoms with E-state index in [0.717, 1.165) is 29.4 Å². The van der Waals surface area contributed by atoms with E-state index in [4.69, 9.17) is 4.74 Å². The van der Waals surface area contributed by atoms with Crippen molar-refractivity contribution in [2.75, 3.05) is 75.0 Å². The topological polar surface area (TPSA) is 155 Å². The molecule has 2 fully saturated rings. The number of thioether (sulfide) groups is 1. The fourth-order valence-electron chi connectivity index (χ4n) is 7.10. The van der Waals surface area contributed by atoms with Gasteiger partial charge in [-0.2, -0.15) is 5.10 Å². The Balaban J connectivity index is 1.18. The predicted octanol–water partition coefficient (Wildman–Crippen LogP) is 5.52. The van der Waals surface area contributed by atoms with Gasteiger partial charge in [-0.25, -0.2) is 17.8 Å². The van der Waals surface area contributed by atoms with Gasteiger partial charge >= 0.3 is 5.69 Å². The van der Waals surface area contributed by atoms with E-state index in [2.05, 4.69) is 24.9 Å². The number of sulfonamides is 1. The van der Waals surface area contributed by atoms with Crippen LogP contribution in [0, 0.1) is 10.1 Å². The van der Waals surface area contributed by atoms with Gasteiger partial charge in [0.2, 0.25) is 0 Å². The summed E-state index contributed by atoms with van der Waals surface area (Å²) in [5, 5.41) is 21.2. The molecular weight excluding hydrogens is 765 g/mol. The number of ether oxygens (including phenoxy) is 1. The highest BCUT2D eigenvalue weighted by Crippen LogP contribution is 2.40. The molecule has 0 saturated carbocycles. The third-order valence-electron chi connectivity index (χ3n) is 10.1. The van der Waals surface area contributed by atoms with Gasteiger partial charge < -0.3 is 15.0 Å². The normalized spacial score (nSPS) is 15.9. The van der Waals surface area contributed by atoms with Crippen LogP contribution in [-0.4, -0.2) is 110 Å². The van der Waals surface area contributed by atoms with E-state index in [1.54, 1.807) is 42.2 Å². The lowest BCUT2D eigenvalue weighted by Crippen LogP contribution is -2.46. The molecule has 57 heavy (non-hydrogen) atoms. The van der Waals surface area contributed by atoms with Crippen molar-refractivity contribution in [2.45, 2.75) is 28.8 Å². The van der Waals surface area contributed by atoms with Crippen molar-refractivity contribution in [1.29, 1.82) is 0 Å². The lowest BCUT2D eigenvalue weighted by molar-refractivity contribution is -0.383. The summed E-state index contributed by atoms with van der Waals surface area (Å²) < 4.78 is 36.3. The lowest BCUT2D eigenvalue weighted by atomic mass is 10.1. The van der Waals surface area contributed by atoms with Crippen molar-refractivity contribution in [2.24, 2.45) is 0 Å². The summed E-state index contributed by atoms with van der Waals surface area (Å²) in [7, 11) is -4.28. The number of para-hydroxylation sites is 1. The third-order valence-corrected chi connectivity index (χ3v) is 12.6. The molecule has 2 aliphatic rings. The monoisotopic (exact) mass is 810 g/mol. The number of hydrogen-bond donors (Lipinski definition) is 2. The molecule has 0 aliphatic carbocycles. The molecule has 14 nitrogen and oxygen atoms in total. The number of nitro benzene ring substituents is 1. The number of carbonyl (C=O) groups is 1. The minimum absolute atomic E-state index is 0.00640. The fraction of sp³-hybridized carbons (Fsp3) is 0.317. The largest absolute Gasteiger partial charge is 0.379 e. The van der Waals surface area contributed by atoms with Gasteiger partial charge in [0, 0.05) is 75.2 Å². The highest BCUT2D eigenvalue weighted by molar-refractivity contribution is 7.99. The van der Waals surface area contributed by atoms with Crippen molar-refractivity contribution in [1.82, 2.24) is 24.3 Å². The van der Waals surface area contributed by atoms with Crippen molar-refractivity contribution in [3.63, 3.8) is 0 Å². The molecule has 16 heteroatoms. The second kappa shape index (κ2) is 18.8. The van der Waals surface area contributed by atoms with E-state index in [9.17, 15) is 23.3 Å². The maximum absolute atomic E-state index is 14.0. The Morgan fingerprint density at radius 1 is 0.842 bits per heavy atom. The number of nitrogens with zero attached hydrogens (tertiary/aromatic N) is 6. The quantitative estimate of drug-likeness (QED) is 0.0733. The van der Waals surface area contributed by atoms with Gasteiger partial charge in [-0.15, -0.1) is 11.8 Å². The molecule has 2 saturated heterocycles. The first-order valence-corrected chi connectivity index (χ1v) is 21.5. The first kappa shape index (κ1) is 40.0.